The van der Waals surface area contributed by atoms with Crippen molar-refractivity contribution in [3.63, 3.8) is 0 Å². The minimum absolute atomic E-state index is 0.186. The van der Waals surface area contributed by atoms with Gasteiger partial charge in [-0.05, 0) is 51.8 Å². The van der Waals surface area contributed by atoms with Crippen molar-refractivity contribution >= 4 is 22.7 Å². The number of carbonyl (C=O) groups excluding carboxylic acids is 2. The first-order chi connectivity index (χ1) is 18.4. The summed E-state index contributed by atoms with van der Waals surface area (Å²) < 4.78 is 10.7. The smallest absolute Gasteiger partial charge is 0.323 e. The molecule has 0 spiro atoms. The van der Waals surface area contributed by atoms with Crippen LogP contribution in [0.1, 0.15) is 31.4 Å². The van der Waals surface area contributed by atoms with Crippen molar-refractivity contribution in [1.82, 2.24) is 5.32 Å². The molecule has 2 atom stereocenters. The fourth-order valence-electron chi connectivity index (χ4n) is 4.71. The topological polar surface area (TPSA) is 64.6 Å². The predicted molar refractivity (Wildman–Crippen MR) is 152 cm³/mol. The number of rotatable bonds is 11. The Kier molecular flexibility index (Phi) is 9.28. The van der Waals surface area contributed by atoms with Crippen LogP contribution in [-0.2, 0) is 32.1 Å². The molecule has 4 rings (SSSR count). The lowest BCUT2D eigenvalue weighted by Gasteiger charge is -2.25. The van der Waals surface area contributed by atoms with E-state index in [2.05, 4.69) is 47.8 Å². The van der Waals surface area contributed by atoms with E-state index in [0.29, 0.717) is 12.8 Å². The molecular weight excluding hydrogens is 474 g/mol. The van der Waals surface area contributed by atoms with Gasteiger partial charge in [0.2, 0.25) is 0 Å². The molecule has 0 aliphatic carbocycles. The Bertz CT molecular complexity index is 1360. The van der Waals surface area contributed by atoms with Gasteiger partial charge in [-0.15, -0.1) is 0 Å². The van der Waals surface area contributed by atoms with E-state index in [0.717, 1.165) is 22.3 Å². The molecule has 5 heteroatoms. The normalized spacial score (nSPS) is 12.7. The van der Waals surface area contributed by atoms with Gasteiger partial charge >= 0.3 is 11.9 Å². The molecule has 0 saturated carbocycles. The van der Waals surface area contributed by atoms with E-state index >= 15 is 0 Å². The van der Waals surface area contributed by atoms with Gasteiger partial charge in [0.15, 0.2) is 0 Å². The maximum absolute atomic E-state index is 13.1. The number of methoxy groups -OCH3 is 1. The minimum atomic E-state index is -0.698. The van der Waals surface area contributed by atoms with Gasteiger partial charge < -0.3 is 9.47 Å². The van der Waals surface area contributed by atoms with Crippen LogP contribution < -0.4 is 5.32 Å². The summed E-state index contributed by atoms with van der Waals surface area (Å²) in [6, 6.07) is 31.0. The molecule has 38 heavy (non-hydrogen) atoms. The van der Waals surface area contributed by atoms with E-state index in [1.54, 1.807) is 0 Å². The molecule has 0 aliphatic rings. The zero-order valence-electron chi connectivity index (χ0n) is 22.2. The van der Waals surface area contributed by atoms with Crippen molar-refractivity contribution in [2.24, 2.45) is 5.92 Å². The number of hydrogen-bond acceptors (Lipinski definition) is 5. The maximum Gasteiger partial charge on any atom is 0.323 e. The number of hydrogen-bond donors (Lipinski definition) is 1. The molecule has 0 bridgehead atoms. The Hall–Kier alpha value is -3.96. The highest BCUT2D eigenvalue weighted by molar-refractivity contribution is 5.96. The Labute approximate surface area is 224 Å². The fourth-order valence-corrected chi connectivity index (χ4v) is 4.71. The van der Waals surface area contributed by atoms with Gasteiger partial charge in [-0.25, -0.2) is 0 Å². The summed E-state index contributed by atoms with van der Waals surface area (Å²) >= 11 is 0. The summed E-state index contributed by atoms with van der Waals surface area (Å²) in [6.45, 7) is 4.27. The summed E-state index contributed by atoms with van der Waals surface area (Å²) in [6.07, 6.45) is 0.920. The number of fused-ring (bicyclic) bond motifs is 1. The number of esters is 2. The van der Waals surface area contributed by atoms with E-state index in [1.165, 1.54) is 17.9 Å². The minimum Gasteiger partial charge on any atom is -0.468 e. The maximum atomic E-state index is 13.1. The van der Waals surface area contributed by atoms with Crippen molar-refractivity contribution < 1.29 is 19.1 Å². The Morgan fingerprint density at radius 2 is 1.45 bits per heavy atom. The number of nitrogens with one attached hydrogen (secondary N) is 1. The average Bonchev–Trinajstić information content (AvgIpc) is 2.94. The first-order valence-corrected chi connectivity index (χ1v) is 13.1. The lowest BCUT2D eigenvalue weighted by molar-refractivity contribution is -0.149. The Morgan fingerprint density at radius 3 is 2.21 bits per heavy atom. The van der Waals surface area contributed by atoms with Gasteiger partial charge in [0.25, 0.3) is 0 Å². The Morgan fingerprint density at radius 1 is 0.763 bits per heavy atom. The van der Waals surface area contributed by atoms with Gasteiger partial charge in [0, 0.05) is 0 Å². The monoisotopic (exact) mass is 509 g/mol. The van der Waals surface area contributed by atoms with Gasteiger partial charge in [-0.2, -0.15) is 0 Å². The third-order valence-electron chi connectivity index (χ3n) is 6.57. The molecule has 0 unspecified atom stereocenters. The highest BCUT2D eigenvalue weighted by atomic mass is 16.5. The van der Waals surface area contributed by atoms with E-state index in [4.69, 9.17) is 9.47 Å². The third-order valence-corrected chi connectivity index (χ3v) is 6.57. The predicted octanol–water partition coefficient (Wildman–Crippen LogP) is 6.34. The highest BCUT2D eigenvalue weighted by Crippen LogP contribution is 2.29. The van der Waals surface area contributed by atoms with Crippen LogP contribution in [0.15, 0.2) is 97.1 Å². The molecule has 1 N–H and O–H groups in total. The van der Waals surface area contributed by atoms with Gasteiger partial charge in [-0.3, -0.25) is 14.9 Å². The molecule has 0 radical (unpaired) electrons. The largest absolute Gasteiger partial charge is 0.468 e. The number of benzene rings is 4. The Balaban J connectivity index is 1.54. The van der Waals surface area contributed by atoms with Crippen molar-refractivity contribution in [1.29, 1.82) is 0 Å². The van der Waals surface area contributed by atoms with Gasteiger partial charge in [0.1, 0.15) is 18.7 Å². The molecule has 5 nitrogen and oxygen atoms in total. The first-order valence-electron chi connectivity index (χ1n) is 13.1. The van der Waals surface area contributed by atoms with Crippen LogP contribution in [-0.4, -0.2) is 31.1 Å². The van der Waals surface area contributed by atoms with Crippen molar-refractivity contribution in [3.05, 3.63) is 108 Å². The standard InChI is InChI=1S/C33H35NO4/c1-23(2)19-30(33(36)38-22-24-11-5-4-6-12-24)34-31(32(35)37-3)21-25-13-9-16-27(20-25)29-18-10-15-26-14-7-8-17-28(26)29/h4-18,20,23,30-31,34H,19,21-22H2,1-3H3/t30-,31-/m0/s1. The second-order valence-corrected chi connectivity index (χ2v) is 9.95. The summed E-state index contributed by atoms with van der Waals surface area (Å²) in [7, 11) is 1.37. The van der Waals surface area contributed by atoms with Crippen LogP contribution >= 0.6 is 0 Å². The average molecular weight is 510 g/mol. The number of carbonyl (C=O) groups is 2. The third kappa shape index (κ3) is 7.08. The summed E-state index contributed by atoms with van der Waals surface area (Å²) in [5.41, 5.74) is 4.09. The van der Waals surface area contributed by atoms with E-state index < -0.39 is 18.1 Å². The van der Waals surface area contributed by atoms with Crippen LogP contribution in [0.2, 0.25) is 0 Å². The molecular formula is C33H35NO4. The van der Waals surface area contributed by atoms with Crippen LogP contribution in [0.3, 0.4) is 0 Å². The molecule has 0 saturated heterocycles. The fraction of sp³-hybridized carbons (Fsp3) is 0.273. The quantitative estimate of drug-likeness (QED) is 0.239. The zero-order valence-corrected chi connectivity index (χ0v) is 22.2. The van der Waals surface area contributed by atoms with Crippen molar-refractivity contribution in [3.8, 4) is 11.1 Å². The molecule has 0 amide bonds. The van der Waals surface area contributed by atoms with Crippen molar-refractivity contribution in [2.45, 2.75) is 45.4 Å². The molecule has 4 aromatic rings. The first kappa shape index (κ1) is 27.1. The zero-order chi connectivity index (χ0) is 26.9. The van der Waals surface area contributed by atoms with Crippen LogP contribution in [0.25, 0.3) is 21.9 Å². The van der Waals surface area contributed by atoms with E-state index in [1.807, 2.05) is 68.4 Å². The van der Waals surface area contributed by atoms with Crippen LogP contribution in [0.4, 0.5) is 0 Å². The van der Waals surface area contributed by atoms with Crippen molar-refractivity contribution in [2.75, 3.05) is 7.11 Å². The second kappa shape index (κ2) is 13.0. The van der Waals surface area contributed by atoms with Gasteiger partial charge in [-0.1, -0.05) is 111 Å². The summed E-state index contributed by atoms with van der Waals surface area (Å²) in [5, 5.41) is 5.61. The SMILES string of the molecule is COC(=O)[C@H](Cc1cccc(-c2cccc3ccccc23)c1)N[C@@H](CC(C)C)C(=O)OCc1ccccc1. The highest BCUT2D eigenvalue weighted by Gasteiger charge is 2.29. The molecule has 4 aromatic carbocycles. The molecule has 0 aliphatic heterocycles. The van der Waals surface area contributed by atoms with E-state index in [9.17, 15) is 9.59 Å². The van der Waals surface area contributed by atoms with Crippen LogP contribution in [0, 0.1) is 5.92 Å². The lowest BCUT2D eigenvalue weighted by Crippen LogP contribution is -2.49. The number of ether oxygens (including phenoxy) is 2. The molecule has 196 valence electrons. The molecule has 0 aromatic heterocycles. The molecule has 0 fully saturated rings. The van der Waals surface area contributed by atoms with Gasteiger partial charge in [0.05, 0.1) is 7.11 Å². The lowest BCUT2D eigenvalue weighted by atomic mass is 9.95. The molecule has 0 heterocycles. The second-order valence-electron chi connectivity index (χ2n) is 9.95. The van der Waals surface area contributed by atoms with E-state index in [-0.39, 0.29) is 18.5 Å². The van der Waals surface area contributed by atoms with Crippen LogP contribution in [0.5, 0.6) is 0 Å². The summed E-state index contributed by atoms with van der Waals surface area (Å²) in [5.74, 6) is -0.559. The summed E-state index contributed by atoms with van der Waals surface area (Å²) in [4.78, 5) is 25.9.